The number of hydrogen-bond donors (Lipinski definition) is 3. The number of H-pyrrole nitrogens is 1. The SMILES string of the molecule is CCC1(CNC(=O)c2n[nH]c3ccc(N)cc23)CC1. The Balaban J connectivity index is 1.79. The van der Waals surface area contributed by atoms with Crippen molar-refractivity contribution in [1.82, 2.24) is 15.5 Å². The van der Waals surface area contributed by atoms with Crippen LogP contribution in [0, 0.1) is 5.41 Å². The third kappa shape index (κ3) is 2.16. The molecule has 1 fully saturated rings. The minimum absolute atomic E-state index is 0.128. The van der Waals surface area contributed by atoms with Gasteiger partial charge in [-0.15, -0.1) is 0 Å². The molecule has 0 spiro atoms. The smallest absolute Gasteiger partial charge is 0.272 e. The molecule has 0 saturated heterocycles. The fourth-order valence-corrected chi connectivity index (χ4v) is 2.39. The van der Waals surface area contributed by atoms with Gasteiger partial charge in [0.1, 0.15) is 0 Å². The van der Waals surface area contributed by atoms with Crippen molar-refractivity contribution in [3.8, 4) is 0 Å². The Kier molecular flexibility index (Phi) is 2.69. The van der Waals surface area contributed by atoms with Crippen LogP contribution in [0.3, 0.4) is 0 Å². The predicted octanol–water partition coefficient (Wildman–Crippen LogP) is 2.07. The van der Waals surface area contributed by atoms with Crippen LogP contribution in [0.1, 0.15) is 36.7 Å². The van der Waals surface area contributed by atoms with Gasteiger partial charge in [-0.05, 0) is 42.9 Å². The van der Waals surface area contributed by atoms with Crippen LogP contribution in [-0.2, 0) is 0 Å². The second-order valence-corrected chi connectivity index (χ2v) is 5.41. The lowest BCUT2D eigenvalue weighted by atomic mass is 10.0. The van der Waals surface area contributed by atoms with Gasteiger partial charge in [-0.2, -0.15) is 5.10 Å². The molecule has 2 aromatic rings. The second-order valence-electron chi connectivity index (χ2n) is 5.41. The third-order valence-corrected chi connectivity index (χ3v) is 4.13. The highest BCUT2D eigenvalue weighted by Gasteiger charge is 2.40. The van der Waals surface area contributed by atoms with Gasteiger partial charge in [0.2, 0.25) is 0 Å². The monoisotopic (exact) mass is 258 g/mol. The van der Waals surface area contributed by atoms with Crippen molar-refractivity contribution >= 4 is 22.5 Å². The quantitative estimate of drug-likeness (QED) is 0.734. The molecular weight excluding hydrogens is 240 g/mol. The van der Waals surface area contributed by atoms with E-state index in [1.165, 1.54) is 12.8 Å². The van der Waals surface area contributed by atoms with E-state index in [0.717, 1.165) is 23.9 Å². The fraction of sp³-hybridized carbons (Fsp3) is 0.429. The van der Waals surface area contributed by atoms with Gasteiger partial charge in [0, 0.05) is 17.6 Å². The van der Waals surface area contributed by atoms with Crippen molar-refractivity contribution < 1.29 is 4.79 Å². The molecule has 0 aliphatic heterocycles. The number of carbonyl (C=O) groups excluding carboxylic acids is 1. The van der Waals surface area contributed by atoms with Crippen LogP contribution in [0.5, 0.6) is 0 Å². The first-order valence-electron chi connectivity index (χ1n) is 6.65. The lowest BCUT2D eigenvalue weighted by Gasteiger charge is -2.12. The van der Waals surface area contributed by atoms with Gasteiger partial charge in [-0.1, -0.05) is 6.92 Å². The number of fused-ring (bicyclic) bond motifs is 1. The molecule has 0 atom stereocenters. The average molecular weight is 258 g/mol. The summed E-state index contributed by atoms with van der Waals surface area (Å²) in [5, 5.41) is 10.7. The summed E-state index contributed by atoms with van der Waals surface area (Å²) in [6, 6.07) is 5.40. The maximum atomic E-state index is 12.2. The van der Waals surface area contributed by atoms with Gasteiger partial charge >= 0.3 is 0 Å². The molecule has 1 aromatic carbocycles. The van der Waals surface area contributed by atoms with Crippen molar-refractivity contribution in [2.75, 3.05) is 12.3 Å². The first-order chi connectivity index (χ1) is 9.13. The van der Waals surface area contributed by atoms with Crippen molar-refractivity contribution in [2.45, 2.75) is 26.2 Å². The lowest BCUT2D eigenvalue weighted by Crippen LogP contribution is -2.30. The zero-order valence-corrected chi connectivity index (χ0v) is 11.0. The van der Waals surface area contributed by atoms with E-state index in [1.54, 1.807) is 12.1 Å². The largest absolute Gasteiger partial charge is 0.399 e. The number of benzene rings is 1. The highest BCUT2D eigenvalue weighted by atomic mass is 16.1. The number of nitrogens with one attached hydrogen (secondary N) is 2. The van der Waals surface area contributed by atoms with Gasteiger partial charge in [-0.25, -0.2) is 0 Å². The summed E-state index contributed by atoms with van der Waals surface area (Å²) in [5.74, 6) is -0.128. The molecule has 19 heavy (non-hydrogen) atoms. The number of nitrogen functional groups attached to an aromatic ring is 1. The highest BCUT2D eigenvalue weighted by molar-refractivity contribution is 6.05. The molecule has 5 nitrogen and oxygen atoms in total. The minimum atomic E-state index is -0.128. The van der Waals surface area contributed by atoms with Crippen LogP contribution in [0.15, 0.2) is 18.2 Å². The highest BCUT2D eigenvalue weighted by Crippen LogP contribution is 2.47. The molecule has 1 saturated carbocycles. The summed E-state index contributed by atoms with van der Waals surface area (Å²) in [4.78, 5) is 12.2. The van der Waals surface area contributed by atoms with Crippen LogP contribution in [0.2, 0.25) is 0 Å². The zero-order chi connectivity index (χ0) is 13.5. The summed E-state index contributed by atoms with van der Waals surface area (Å²) in [5.41, 5.74) is 7.98. The van der Waals surface area contributed by atoms with E-state index < -0.39 is 0 Å². The molecular formula is C14H18N4O. The Labute approximate surface area is 111 Å². The van der Waals surface area contributed by atoms with Crippen molar-refractivity contribution in [3.63, 3.8) is 0 Å². The van der Waals surface area contributed by atoms with Crippen LogP contribution >= 0.6 is 0 Å². The van der Waals surface area contributed by atoms with Crippen LogP contribution in [-0.4, -0.2) is 22.6 Å². The minimum Gasteiger partial charge on any atom is -0.399 e. The summed E-state index contributed by atoms with van der Waals surface area (Å²) in [7, 11) is 0. The molecule has 1 amide bonds. The fourth-order valence-electron chi connectivity index (χ4n) is 2.39. The molecule has 5 heteroatoms. The molecule has 0 unspecified atom stereocenters. The molecule has 4 N–H and O–H groups in total. The van der Waals surface area contributed by atoms with Gasteiger partial charge in [-0.3, -0.25) is 9.89 Å². The number of amides is 1. The Morgan fingerprint density at radius 2 is 2.32 bits per heavy atom. The number of rotatable bonds is 4. The zero-order valence-electron chi connectivity index (χ0n) is 11.0. The topological polar surface area (TPSA) is 83.8 Å². The Morgan fingerprint density at radius 3 is 3.00 bits per heavy atom. The predicted molar refractivity (Wildman–Crippen MR) is 74.8 cm³/mol. The lowest BCUT2D eigenvalue weighted by molar-refractivity contribution is 0.0941. The normalized spacial score (nSPS) is 16.5. The van der Waals surface area contributed by atoms with Gasteiger partial charge in [0.15, 0.2) is 5.69 Å². The van der Waals surface area contributed by atoms with Crippen LogP contribution in [0.4, 0.5) is 5.69 Å². The summed E-state index contributed by atoms with van der Waals surface area (Å²) in [6.45, 7) is 2.91. The molecule has 1 heterocycles. The van der Waals surface area contributed by atoms with E-state index in [1.807, 2.05) is 6.07 Å². The van der Waals surface area contributed by atoms with E-state index in [4.69, 9.17) is 5.73 Å². The van der Waals surface area contributed by atoms with Crippen molar-refractivity contribution in [1.29, 1.82) is 0 Å². The van der Waals surface area contributed by atoms with Crippen LogP contribution in [0.25, 0.3) is 10.9 Å². The molecule has 1 aromatic heterocycles. The molecule has 0 bridgehead atoms. The second kappa shape index (κ2) is 4.26. The standard InChI is InChI=1S/C14H18N4O/c1-2-14(5-6-14)8-16-13(19)12-10-7-9(15)3-4-11(10)17-18-12/h3-4,7H,2,5-6,8,15H2,1H3,(H,16,19)(H,17,18). The van der Waals surface area contributed by atoms with Crippen LogP contribution < -0.4 is 11.1 Å². The number of anilines is 1. The van der Waals surface area contributed by atoms with Crippen molar-refractivity contribution in [3.05, 3.63) is 23.9 Å². The Bertz CT molecular complexity index is 627. The Morgan fingerprint density at radius 1 is 1.53 bits per heavy atom. The molecule has 1 aliphatic rings. The first-order valence-corrected chi connectivity index (χ1v) is 6.65. The van der Waals surface area contributed by atoms with E-state index in [-0.39, 0.29) is 5.91 Å². The molecule has 1 aliphatic carbocycles. The van der Waals surface area contributed by atoms with Gasteiger partial charge in [0.25, 0.3) is 5.91 Å². The van der Waals surface area contributed by atoms with Gasteiger partial charge in [0.05, 0.1) is 5.52 Å². The van der Waals surface area contributed by atoms with E-state index in [2.05, 4.69) is 22.4 Å². The van der Waals surface area contributed by atoms with E-state index >= 15 is 0 Å². The molecule has 0 radical (unpaired) electrons. The van der Waals surface area contributed by atoms with E-state index in [9.17, 15) is 4.79 Å². The van der Waals surface area contributed by atoms with Gasteiger partial charge < -0.3 is 11.1 Å². The maximum absolute atomic E-state index is 12.2. The number of nitrogens with zero attached hydrogens (tertiary/aromatic N) is 1. The van der Waals surface area contributed by atoms with E-state index in [0.29, 0.717) is 16.8 Å². The summed E-state index contributed by atoms with van der Waals surface area (Å²) >= 11 is 0. The number of carbonyl (C=O) groups is 1. The number of hydrogen-bond acceptors (Lipinski definition) is 3. The third-order valence-electron chi connectivity index (χ3n) is 4.13. The summed E-state index contributed by atoms with van der Waals surface area (Å²) in [6.07, 6.45) is 3.53. The molecule has 100 valence electrons. The number of aromatic nitrogens is 2. The first kappa shape index (κ1) is 12.0. The average Bonchev–Trinajstić information content (AvgIpc) is 3.08. The van der Waals surface area contributed by atoms with Crippen molar-refractivity contribution in [2.24, 2.45) is 5.41 Å². The maximum Gasteiger partial charge on any atom is 0.272 e. The Hall–Kier alpha value is -2.04. The number of aromatic amines is 1. The number of nitrogens with two attached hydrogens (primary N) is 1. The molecule has 3 rings (SSSR count). The summed E-state index contributed by atoms with van der Waals surface area (Å²) < 4.78 is 0.